The van der Waals surface area contributed by atoms with Crippen LogP contribution in [0.1, 0.15) is 29.9 Å². The van der Waals surface area contributed by atoms with Gasteiger partial charge < -0.3 is 15.8 Å². The lowest BCUT2D eigenvalue weighted by Crippen LogP contribution is -2.37. The Bertz CT molecular complexity index is 827. The second-order valence-electron chi connectivity index (χ2n) is 6.30. The molecule has 0 aliphatic carbocycles. The first-order valence-corrected chi connectivity index (χ1v) is 9.17. The lowest BCUT2D eigenvalue weighted by molar-refractivity contribution is -0.121. The van der Waals surface area contributed by atoms with Gasteiger partial charge in [-0.25, -0.2) is 0 Å². The van der Waals surface area contributed by atoms with Gasteiger partial charge in [0.25, 0.3) is 0 Å². The Hall–Kier alpha value is -1.85. The smallest absolute Gasteiger partial charge is 0.220 e. The highest BCUT2D eigenvalue weighted by molar-refractivity contribution is 9.10. The van der Waals surface area contributed by atoms with Gasteiger partial charge in [0.1, 0.15) is 6.29 Å². The van der Waals surface area contributed by atoms with Crippen LogP contribution in [0.15, 0.2) is 46.9 Å². The highest BCUT2D eigenvalue weighted by Gasteiger charge is 2.44. The molecule has 0 aromatic heterocycles. The average Bonchev–Trinajstić information content (AvgIpc) is 2.74. The molecule has 1 amide bonds. The maximum atomic E-state index is 12.4. The molecule has 130 valence electrons. The third-order valence-corrected chi connectivity index (χ3v) is 5.58. The molecule has 0 spiro atoms. The molecule has 1 saturated heterocycles. The average molecular weight is 422 g/mol. The number of rotatable bonds is 3. The Balaban J connectivity index is 2.21. The first kappa shape index (κ1) is 18.0. The van der Waals surface area contributed by atoms with Crippen LogP contribution in [0, 0.1) is 0 Å². The zero-order chi connectivity index (χ0) is 18.0. The predicted molar refractivity (Wildman–Crippen MR) is 103 cm³/mol. The Morgan fingerprint density at radius 3 is 2.76 bits per heavy atom. The van der Waals surface area contributed by atoms with Crippen LogP contribution in [-0.2, 0) is 15.0 Å². The number of benzene rings is 2. The largest absolute Gasteiger partial charge is 0.398 e. The van der Waals surface area contributed by atoms with E-state index in [-0.39, 0.29) is 18.2 Å². The predicted octanol–water partition coefficient (Wildman–Crippen LogP) is 3.82. The van der Waals surface area contributed by atoms with Crippen LogP contribution in [0.3, 0.4) is 0 Å². The van der Waals surface area contributed by atoms with E-state index in [4.69, 9.17) is 17.3 Å². The Labute approximate surface area is 159 Å². The normalized spacial score (nSPS) is 23.6. The van der Waals surface area contributed by atoms with E-state index in [1.807, 2.05) is 30.3 Å². The molecule has 4 nitrogen and oxygen atoms in total. The minimum atomic E-state index is -0.894. The van der Waals surface area contributed by atoms with Gasteiger partial charge in [-0.05, 0) is 41.8 Å². The van der Waals surface area contributed by atoms with Gasteiger partial charge in [0, 0.05) is 34.1 Å². The molecule has 1 aliphatic heterocycles. The molecule has 0 unspecified atom stereocenters. The zero-order valence-corrected chi connectivity index (χ0v) is 15.8. The van der Waals surface area contributed by atoms with Gasteiger partial charge >= 0.3 is 0 Å². The van der Waals surface area contributed by atoms with Crippen LogP contribution in [0.25, 0.3) is 0 Å². The van der Waals surface area contributed by atoms with Gasteiger partial charge in [0.15, 0.2) is 0 Å². The lowest BCUT2D eigenvalue weighted by atomic mass is 9.65. The summed E-state index contributed by atoms with van der Waals surface area (Å²) < 4.78 is 0.844. The summed E-state index contributed by atoms with van der Waals surface area (Å²) in [5.41, 5.74) is 7.49. The molecule has 1 heterocycles. The number of carbonyl (C=O) groups excluding carboxylic acids is 2. The second kappa shape index (κ2) is 7.18. The van der Waals surface area contributed by atoms with Crippen molar-refractivity contribution in [3.05, 3.63) is 63.1 Å². The molecule has 1 aliphatic rings. The molecular weight excluding hydrogens is 404 g/mol. The lowest BCUT2D eigenvalue weighted by Gasteiger charge is -2.36. The highest BCUT2D eigenvalue weighted by atomic mass is 79.9. The number of carbonyl (C=O) groups is 2. The summed E-state index contributed by atoms with van der Waals surface area (Å²) in [6.45, 7) is 0.421. The van der Waals surface area contributed by atoms with E-state index in [0.29, 0.717) is 23.7 Å². The molecule has 3 rings (SSSR count). The van der Waals surface area contributed by atoms with Crippen molar-refractivity contribution >= 4 is 45.4 Å². The fourth-order valence-corrected chi connectivity index (χ4v) is 4.22. The van der Waals surface area contributed by atoms with Gasteiger partial charge in [-0.15, -0.1) is 0 Å². The fraction of sp³-hybridized carbons (Fsp3) is 0.263. The van der Waals surface area contributed by atoms with Crippen LogP contribution >= 0.6 is 27.5 Å². The molecule has 6 heteroatoms. The molecule has 0 saturated carbocycles. The maximum absolute atomic E-state index is 12.4. The Kier molecular flexibility index (Phi) is 5.16. The van der Waals surface area contributed by atoms with Crippen LogP contribution in [0.5, 0.6) is 0 Å². The van der Waals surface area contributed by atoms with E-state index < -0.39 is 5.41 Å². The molecule has 1 fully saturated rings. The molecule has 0 radical (unpaired) electrons. The van der Waals surface area contributed by atoms with Crippen molar-refractivity contribution in [2.75, 3.05) is 12.3 Å². The number of nitrogen functional groups attached to an aromatic ring is 1. The van der Waals surface area contributed by atoms with Gasteiger partial charge in [0.05, 0.1) is 5.41 Å². The third kappa shape index (κ3) is 3.44. The summed E-state index contributed by atoms with van der Waals surface area (Å²) in [7, 11) is 0. The maximum Gasteiger partial charge on any atom is 0.220 e. The zero-order valence-electron chi connectivity index (χ0n) is 13.5. The van der Waals surface area contributed by atoms with E-state index in [0.717, 1.165) is 21.9 Å². The molecule has 25 heavy (non-hydrogen) atoms. The minimum Gasteiger partial charge on any atom is -0.398 e. The fourth-order valence-electron chi connectivity index (χ4n) is 3.65. The Morgan fingerprint density at radius 2 is 2.08 bits per heavy atom. The number of amides is 1. The van der Waals surface area contributed by atoms with E-state index in [1.165, 1.54) is 0 Å². The summed E-state index contributed by atoms with van der Waals surface area (Å²) in [5.74, 6) is -0.418. The van der Waals surface area contributed by atoms with Crippen molar-refractivity contribution in [1.29, 1.82) is 0 Å². The number of nitrogens with two attached hydrogens (primary N) is 1. The first-order chi connectivity index (χ1) is 12.0. The first-order valence-electron chi connectivity index (χ1n) is 8.00. The van der Waals surface area contributed by atoms with Gasteiger partial charge in [0.2, 0.25) is 5.91 Å². The number of halogens is 2. The summed E-state index contributed by atoms with van der Waals surface area (Å²) >= 11 is 9.56. The second-order valence-corrected chi connectivity index (χ2v) is 7.65. The SMILES string of the molecule is Nc1cc(Br)ccc1[C@@]1(C=O)CCNC(=O)C[C@H]1c1cccc(Cl)c1. The van der Waals surface area contributed by atoms with E-state index in [9.17, 15) is 9.59 Å². The van der Waals surface area contributed by atoms with Crippen molar-refractivity contribution in [2.45, 2.75) is 24.2 Å². The molecule has 2 aromatic rings. The number of aldehydes is 1. The van der Waals surface area contributed by atoms with Crippen molar-refractivity contribution < 1.29 is 9.59 Å². The van der Waals surface area contributed by atoms with E-state index >= 15 is 0 Å². The summed E-state index contributed by atoms with van der Waals surface area (Å²) in [4.78, 5) is 24.6. The summed E-state index contributed by atoms with van der Waals surface area (Å²) in [6, 6.07) is 12.9. The number of nitrogens with one attached hydrogen (secondary N) is 1. The summed E-state index contributed by atoms with van der Waals surface area (Å²) in [6.07, 6.45) is 1.62. The van der Waals surface area contributed by atoms with Crippen molar-refractivity contribution in [2.24, 2.45) is 0 Å². The van der Waals surface area contributed by atoms with Crippen molar-refractivity contribution in [3.63, 3.8) is 0 Å². The third-order valence-electron chi connectivity index (χ3n) is 4.85. The number of hydrogen-bond donors (Lipinski definition) is 2. The van der Waals surface area contributed by atoms with Crippen LogP contribution < -0.4 is 11.1 Å². The topological polar surface area (TPSA) is 72.2 Å². The van der Waals surface area contributed by atoms with Crippen LogP contribution in [-0.4, -0.2) is 18.7 Å². The number of anilines is 1. The molecular formula is C19H18BrClN2O2. The standard InChI is InChI=1S/C19H18BrClN2O2/c20-13-4-5-15(17(22)9-13)19(11-24)6-7-23-18(25)10-16(19)12-2-1-3-14(21)8-12/h1-5,8-9,11,16H,6-7,10,22H2,(H,23,25)/t16-,19-/m0/s1. The highest BCUT2D eigenvalue weighted by Crippen LogP contribution is 2.46. The van der Waals surface area contributed by atoms with Crippen LogP contribution in [0.2, 0.25) is 5.02 Å². The van der Waals surface area contributed by atoms with E-state index in [1.54, 1.807) is 12.1 Å². The van der Waals surface area contributed by atoms with Gasteiger partial charge in [-0.1, -0.05) is 45.7 Å². The molecule has 2 aromatic carbocycles. The van der Waals surface area contributed by atoms with Crippen molar-refractivity contribution in [3.8, 4) is 0 Å². The number of hydrogen-bond acceptors (Lipinski definition) is 3. The quantitative estimate of drug-likeness (QED) is 0.584. The summed E-state index contributed by atoms with van der Waals surface area (Å²) in [5, 5.41) is 3.44. The van der Waals surface area contributed by atoms with Crippen LogP contribution in [0.4, 0.5) is 5.69 Å². The van der Waals surface area contributed by atoms with Gasteiger partial charge in [-0.2, -0.15) is 0 Å². The monoisotopic (exact) mass is 420 g/mol. The molecule has 3 N–H and O–H groups in total. The Morgan fingerprint density at radius 1 is 1.28 bits per heavy atom. The van der Waals surface area contributed by atoms with Gasteiger partial charge in [-0.3, -0.25) is 4.79 Å². The molecule has 2 atom stereocenters. The van der Waals surface area contributed by atoms with Crippen molar-refractivity contribution in [1.82, 2.24) is 5.32 Å². The molecule has 0 bridgehead atoms. The minimum absolute atomic E-state index is 0.0793. The van der Waals surface area contributed by atoms with E-state index in [2.05, 4.69) is 21.2 Å².